The number of benzene rings is 2. The topological polar surface area (TPSA) is 49.4 Å². The number of thioether (sulfide) groups is 1. The van der Waals surface area contributed by atoms with Crippen LogP contribution >= 0.6 is 27.7 Å². The molecule has 7 heteroatoms. The number of nitrogens with zero attached hydrogens (tertiary/aromatic N) is 1. The van der Waals surface area contributed by atoms with Gasteiger partial charge in [-0.1, -0.05) is 40.2 Å². The second-order valence-corrected chi connectivity index (χ2v) is 10.1. The Morgan fingerprint density at radius 3 is 2.40 bits per heavy atom. The summed E-state index contributed by atoms with van der Waals surface area (Å²) in [5, 5.41) is 2.95. The number of nitrogens with one attached hydrogen (secondary N) is 1. The van der Waals surface area contributed by atoms with E-state index in [1.807, 2.05) is 45.0 Å². The summed E-state index contributed by atoms with van der Waals surface area (Å²) in [5.74, 6) is 0.254. The number of halogens is 2. The lowest BCUT2D eigenvalue weighted by molar-refractivity contribution is -0.139. The molecule has 1 N–H and O–H groups in total. The minimum Gasteiger partial charge on any atom is -0.350 e. The molecular formula is C23H28BrFN2O2S. The number of carbonyl (C=O) groups is 2. The molecule has 0 fully saturated rings. The molecule has 0 aliphatic carbocycles. The molecule has 1 atom stereocenters. The van der Waals surface area contributed by atoms with Gasteiger partial charge in [0.25, 0.3) is 0 Å². The van der Waals surface area contributed by atoms with Crippen molar-refractivity contribution in [2.75, 3.05) is 5.75 Å². The molecule has 30 heavy (non-hydrogen) atoms. The highest BCUT2D eigenvalue weighted by molar-refractivity contribution is 9.10. The number of carbonyl (C=O) groups excluding carboxylic acids is 2. The fraction of sp³-hybridized carbons (Fsp3) is 0.391. The quantitative estimate of drug-likeness (QED) is 0.551. The van der Waals surface area contributed by atoms with Crippen molar-refractivity contribution >= 4 is 39.5 Å². The molecule has 0 unspecified atom stereocenters. The van der Waals surface area contributed by atoms with Crippen LogP contribution in [0.2, 0.25) is 0 Å². The molecule has 0 aliphatic heterocycles. The van der Waals surface area contributed by atoms with Gasteiger partial charge < -0.3 is 10.2 Å². The summed E-state index contributed by atoms with van der Waals surface area (Å²) in [6, 6.07) is 13.4. The van der Waals surface area contributed by atoms with Crippen molar-refractivity contribution in [1.82, 2.24) is 10.2 Å². The fourth-order valence-electron chi connectivity index (χ4n) is 2.81. The lowest BCUT2D eigenvalue weighted by Crippen LogP contribution is -2.52. The highest BCUT2D eigenvalue weighted by Gasteiger charge is 2.28. The first-order chi connectivity index (χ1) is 14.0. The molecule has 0 bridgehead atoms. The van der Waals surface area contributed by atoms with Crippen molar-refractivity contribution in [3.05, 3.63) is 69.9 Å². The molecule has 4 nitrogen and oxygen atoms in total. The highest BCUT2D eigenvalue weighted by Crippen LogP contribution is 2.18. The van der Waals surface area contributed by atoms with E-state index >= 15 is 0 Å². The van der Waals surface area contributed by atoms with Crippen molar-refractivity contribution < 1.29 is 14.0 Å². The number of hydrogen-bond donors (Lipinski definition) is 1. The summed E-state index contributed by atoms with van der Waals surface area (Å²) in [6.45, 7) is 7.83. The summed E-state index contributed by atoms with van der Waals surface area (Å²) in [6.07, 6.45) is 0. The molecule has 0 spiro atoms. The second-order valence-electron chi connectivity index (χ2n) is 8.19. The van der Waals surface area contributed by atoms with E-state index in [1.54, 1.807) is 24.0 Å². The van der Waals surface area contributed by atoms with Crippen molar-refractivity contribution in [2.24, 2.45) is 0 Å². The average Bonchev–Trinajstić information content (AvgIpc) is 2.65. The predicted molar refractivity (Wildman–Crippen MR) is 125 cm³/mol. The molecule has 0 heterocycles. The van der Waals surface area contributed by atoms with Crippen LogP contribution in [-0.4, -0.2) is 34.0 Å². The van der Waals surface area contributed by atoms with Gasteiger partial charge in [0, 0.05) is 22.3 Å². The van der Waals surface area contributed by atoms with Gasteiger partial charge in [-0.05, 0) is 63.1 Å². The zero-order chi connectivity index (χ0) is 22.3. The van der Waals surface area contributed by atoms with Gasteiger partial charge in [0.05, 0.1) is 5.75 Å². The molecule has 2 aromatic rings. The Kier molecular flexibility index (Phi) is 8.92. The molecule has 2 aromatic carbocycles. The third-order valence-electron chi connectivity index (χ3n) is 4.31. The largest absolute Gasteiger partial charge is 0.350 e. The molecule has 2 rings (SSSR count). The van der Waals surface area contributed by atoms with Crippen LogP contribution in [0, 0.1) is 5.82 Å². The summed E-state index contributed by atoms with van der Waals surface area (Å²) < 4.78 is 14.0. The summed E-state index contributed by atoms with van der Waals surface area (Å²) in [5.41, 5.74) is 1.51. The maximum absolute atomic E-state index is 13.1. The molecule has 0 radical (unpaired) electrons. The minimum atomic E-state index is -0.609. The summed E-state index contributed by atoms with van der Waals surface area (Å²) in [7, 11) is 0. The molecule has 0 aliphatic rings. The van der Waals surface area contributed by atoms with Crippen molar-refractivity contribution in [2.45, 2.75) is 51.6 Å². The SMILES string of the molecule is C[C@H](C(=O)NC(C)(C)C)N(Cc1cccc(Br)c1)C(=O)CSCc1ccc(F)cc1. The first kappa shape index (κ1) is 24.4. The van der Waals surface area contributed by atoms with Gasteiger partial charge in [0.1, 0.15) is 11.9 Å². The van der Waals surface area contributed by atoms with E-state index in [2.05, 4.69) is 21.2 Å². The van der Waals surface area contributed by atoms with Gasteiger partial charge >= 0.3 is 0 Å². The van der Waals surface area contributed by atoms with Crippen molar-refractivity contribution in [3.63, 3.8) is 0 Å². The smallest absolute Gasteiger partial charge is 0.242 e. The van der Waals surface area contributed by atoms with Crippen molar-refractivity contribution in [3.8, 4) is 0 Å². The van der Waals surface area contributed by atoms with Crippen LogP contribution in [0.5, 0.6) is 0 Å². The Bertz CT molecular complexity index is 868. The van der Waals surface area contributed by atoms with E-state index < -0.39 is 6.04 Å². The third kappa shape index (κ3) is 8.11. The van der Waals surface area contributed by atoms with Gasteiger partial charge in [-0.2, -0.15) is 0 Å². The number of hydrogen-bond acceptors (Lipinski definition) is 3. The van der Waals surface area contributed by atoms with Gasteiger partial charge in [0.2, 0.25) is 11.8 Å². The van der Waals surface area contributed by atoms with Crippen LogP contribution in [0.1, 0.15) is 38.8 Å². The zero-order valence-electron chi connectivity index (χ0n) is 17.7. The highest BCUT2D eigenvalue weighted by atomic mass is 79.9. The lowest BCUT2D eigenvalue weighted by Gasteiger charge is -2.31. The van der Waals surface area contributed by atoms with Crippen LogP contribution in [0.4, 0.5) is 4.39 Å². The van der Waals surface area contributed by atoms with E-state index in [9.17, 15) is 14.0 Å². The van der Waals surface area contributed by atoms with E-state index in [1.165, 1.54) is 23.9 Å². The lowest BCUT2D eigenvalue weighted by atomic mass is 10.1. The molecule has 162 valence electrons. The summed E-state index contributed by atoms with van der Waals surface area (Å²) >= 11 is 4.90. The maximum Gasteiger partial charge on any atom is 0.242 e. The van der Waals surface area contributed by atoms with E-state index in [4.69, 9.17) is 0 Å². The van der Waals surface area contributed by atoms with Crippen LogP contribution in [-0.2, 0) is 21.9 Å². The molecular weight excluding hydrogens is 467 g/mol. The van der Waals surface area contributed by atoms with E-state index in [-0.39, 0.29) is 28.9 Å². The zero-order valence-corrected chi connectivity index (χ0v) is 20.1. The Morgan fingerprint density at radius 2 is 1.80 bits per heavy atom. The van der Waals surface area contributed by atoms with Crippen LogP contribution in [0.25, 0.3) is 0 Å². The molecule has 0 saturated carbocycles. The van der Waals surface area contributed by atoms with Crippen molar-refractivity contribution in [1.29, 1.82) is 0 Å². The van der Waals surface area contributed by atoms with Gasteiger partial charge in [0.15, 0.2) is 0 Å². The Morgan fingerprint density at radius 1 is 1.13 bits per heavy atom. The van der Waals surface area contributed by atoms with Gasteiger partial charge in [-0.15, -0.1) is 11.8 Å². The van der Waals surface area contributed by atoms with E-state index in [0.717, 1.165) is 15.6 Å². The Balaban J connectivity index is 2.09. The standard InChI is InChI=1S/C23H28BrFN2O2S/c1-16(22(29)26-23(2,3)4)27(13-18-6-5-7-19(24)12-18)21(28)15-30-14-17-8-10-20(25)11-9-17/h5-12,16H,13-15H2,1-4H3,(H,26,29)/t16-/m1/s1. The Hall–Kier alpha value is -1.86. The normalized spacial score (nSPS) is 12.3. The fourth-order valence-corrected chi connectivity index (χ4v) is 4.13. The monoisotopic (exact) mass is 494 g/mol. The molecule has 0 aromatic heterocycles. The average molecular weight is 495 g/mol. The van der Waals surface area contributed by atoms with Gasteiger partial charge in [-0.25, -0.2) is 4.39 Å². The first-order valence-electron chi connectivity index (χ1n) is 9.73. The number of rotatable bonds is 8. The molecule has 0 saturated heterocycles. The van der Waals surface area contributed by atoms with Crippen LogP contribution < -0.4 is 5.32 Å². The second kappa shape index (κ2) is 11.0. The van der Waals surface area contributed by atoms with E-state index in [0.29, 0.717) is 12.3 Å². The van der Waals surface area contributed by atoms with Crippen LogP contribution in [0.15, 0.2) is 53.0 Å². The molecule has 2 amide bonds. The number of amides is 2. The summed E-state index contributed by atoms with van der Waals surface area (Å²) in [4.78, 5) is 27.4. The first-order valence-corrected chi connectivity index (χ1v) is 11.7. The maximum atomic E-state index is 13.1. The predicted octanol–water partition coefficient (Wildman–Crippen LogP) is 5.15. The van der Waals surface area contributed by atoms with Gasteiger partial charge in [-0.3, -0.25) is 9.59 Å². The third-order valence-corrected chi connectivity index (χ3v) is 5.80. The van der Waals surface area contributed by atoms with Crippen LogP contribution in [0.3, 0.4) is 0 Å². The Labute approximate surface area is 190 Å². The minimum absolute atomic E-state index is 0.112.